The number of anilines is 1. The monoisotopic (exact) mass is 381 g/mol. The molecule has 0 saturated carbocycles. The molecule has 1 saturated heterocycles. The molecule has 0 aliphatic carbocycles. The van der Waals surface area contributed by atoms with E-state index in [1.54, 1.807) is 12.4 Å². The van der Waals surface area contributed by atoms with Crippen LogP contribution in [0.1, 0.15) is 18.4 Å². The minimum absolute atomic E-state index is 0.438. The lowest BCUT2D eigenvalue weighted by atomic mass is 10.0. The summed E-state index contributed by atoms with van der Waals surface area (Å²) >= 11 is 0. The van der Waals surface area contributed by atoms with Crippen molar-refractivity contribution in [3.05, 3.63) is 54.4 Å². The molecule has 1 atom stereocenters. The van der Waals surface area contributed by atoms with Crippen LogP contribution in [0.5, 0.6) is 0 Å². The van der Waals surface area contributed by atoms with Gasteiger partial charge < -0.3 is 15.5 Å². The summed E-state index contributed by atoms with van der Waals surface area (Å²) in [5.74, 6) is 2.13. The summed E-state index contributed by atoms with van der Waals surface area (Å²) in [6.07, 6.45) is 3.60. The largest absolute Gasteiger partial charge is 0.356 e. The molecule has 1 aromatic carbocycles. The fraction of sp³-hybridized carbons (Fsp3) is 0.476. The molecule has 1 aromatic heterocycles. The van der Waals surface area contributed by atoms with Gasteiger partial charge in [-0.3, -0.25) is 9.89 Å². The van der Waals surface area contributed by atoms with Gasteiger partial charge in [0.05, 0.1) is 0 Å². The van der Waals surface area contributed by atoms with Crippen LogP contribution in [0.2, 0.25) is 0 Å². The summed E-state index contributed by atoms with van der Waals surface area (Å²) < 4.78 is 0. The Morgan fingerprint density at radius 2 is 1.75 bits per heavy atom. The molecule has 0 bridgehead atoms. The van der Waals surface area contributed by atoms with Crippen molar-refractivity contribution in [3.8, 4) is 0 Å². The van der Waals surface area contributed by atoms with Crippen molar-refractivity contribution in [1.82, 2.24) is 25.5 Å². The Bertz CT molecular complexity index is 712. The Morgan fingerprint density at radius 1 is 1.04 bits per heavy atom. The normalized spacial score (nSPS) is 16.6. The number of hydrogen-bond acceptors (Lipinski definition) is 5. The van der Waals surface area contributed by atoms with Gasteiger partial charge in [-0.05, 0) is 17.5 Å². The average Bonchev–Trinajstić information content (AvgIpc) is 2.77. The second-order valence-electron chi connectivity index (χ2n) is 7.07. The maximum Gasteiger partial charge on any atom is 0.225 e. The Balaban J connectivity index is 1.34. The van der Waals surface area contributed by atoms with E-state index in [0.29, 0.717) is 5.92 Å². The number of guanidine groups is 1. The SMILES string of the molecule is CN=C(NCCN1CCN(c2ncccn2)CC1)NCC(C)c1ccccc1. The number of hydrogen-bond donors (Lipinski definition) is 2. The molecule has 0 amide bonds. The third-order valence-corrected chi connectivity index (χ3v) is 5.10. The van der Waals surface area contributed by atoms with Crippen LogP contribution in [-0.2, 0) is 0 Å². The van der Waals surface area contributed by atoms with Crippen molar-refractivity contribution >= 4 is 11.9 Å². The molecule has 2 heterocycles. The van der Waals surface area contributed by atoms with Gasteiger partial charge in [-0.1, -0.05) is 37.3 Å². The number of benzene rings is 1. The van der Waals surface area contributed by atoms with Gasteiger partial charge in [0.2, 0.25) is 5.95 Å². The first-order chi connectivity index (χ1) is 13.8. The van der Waals surface area contributed by atoms with Gasteiger partial charge in [0.15, 0.2) is 5.96 Å². The summed E-state index contributed by atoms with van der Waals surface area (Å²) in [7, 11) is 1.82. The second kappa shape index (κ2) is 10.6. The lowest BCUT2D eigenvalue weighted by molar-refractivity contribution is 0.260. The van der Waals surface area contributed by atoms with Crippen molar-refractivity contribution in [3.63, 3.8) is 0 Å². The zero-order chi connectivity index (χ0) is 19.6. The van der Waals surface area contributed by atoms with Gasteiger partial charge >= 0.3 is 0 Å². The average molecular weight is 382 g/mol. The van der Waals surface area contributed by atoms with Crippen LogP contribution in [0.25, 0.3) is 0 Å². The first kappa shape index (κ1) is 20.1. The van der Waals surface area contributed by atoms with E-state index < -0.39 is 0 Å². The maximum absolute atomic E-state index is 4.34. The van der Waals surface area contributed by atoms with Crippen LogP contribution in [0.4, 0.5) is 5.95 Å². The van der Waals surface area contributed by atoms with Crippen LogP contribution < -0.4 is 15.5 Å². The fourth-order valence-corrected chi connectivity index (χ4v) is 3.33. The zero-order valence-electron chi connectivity index (χ0n) is 16.9. The summed E-state index contributed by atoms with van der Waals surface area (Å²) in [5.41, 5.74) is 1.34. The third-order valence-electron chi connectivity index (χ3n) is 5.10. The Hall–Kier alpha value is -2.67. The highest BCUT2D eigenvalue weighted by molar-refractivity contribution is 5.79. The van der Waals surface area contributed by atoms with Crippen molar-refractivity contribution in [2.75, 3.05) is 57.8 Å². The molecule has 3 rings (SSSR count). The predicted molar refractivity (Wildman–Crippen MR) is 115 cm³/mol. The number of rotatable bonds is 7. The van der Waals surface area contributed by atoms with E-state index in [-0.39, 0.29) is 0 Å². The van der Waals surface area contributed by atoms with Gasteiger partial charge in [0, 0.05) is 65.3 Å². The van der Waals surface area contributed by atoms with E-state index in [4.69, 9.17) is 0 Å². The van der Waals surface area contributed by atoms with Crippen molar-refractivity contribution in [1.29, 1.82) is 0 Å². The predicted octanol–water partition coefficient (Wildman–Crippen LogP) is 1.57. The summed E-state index contributed by atoms with van der Waals surface area (Å²) in [6, 6.07) is 12.4. The first-order valence-electron chi connectivity index (χ1n) is 10.00. The lowest BCUT2D eigenvalue weighted by Crippen LogP contribution is -2.49. The maximum atomic E-state index is 4.34. The van der Waals surface area contributed by atoms with Gasteiger partial charge in [0.1, 0.15) is 0 Å². The highest BCUT2D eigenvalue weighted by Gasteiger charge is 2.18. The standard InChI is InChI=1S/C21H31N7/c1-18(19-7-4-3-5-8-19)17-26-20(22-2)23-11-12-27-13-15-28(16-14-27)21-24-9-6-10-25-21/h3-10,18H,11-17H2,1-2H3,(H2,22,23,26). The molecule has 2 aromatic rings. The number of aromatic nitrogens is 2. The number of nitrogens with zero attached hydrogens (tertiary/aromatic N) is 5. The number of nitrogens with one attached hydrogen (secondary N) is 2. The molecular weight excluding hydrogens is 350 g/mol. The van der Waals surface area contributed by atoms with Gasteiger partial charge in [0.25, 0.3) is 0 Å². The highest BCUT2D eigenvalue weighted by Crippen LogP contribution is 2.13. The molecule has 1 fully saturated rings. The van der Waals surface area contributed by atoms with Crippen LogP contribution >= 0.6 is 0 Å². The van der Waals surface area contributed by atoms with Crippen LogP contribution in [-0.4, -0.2) is 73.7 Å². The fourth-order valence-electron chi connectivity index (χ4n) is 3.33. The smallest absolute Gasteiger partial charge is 0.225 e. The minimum Gasteiger partial charge on any atom is -0.356 e. The highest BCUT2D eigenvalue weighted by atomic mass is 15.3. The van der Waals surface area contributed by atoms with Gasteiger partial charge in [-0.15, -0.1) is 0 Å². The van der Waals surface area contributed by atoms with Crippen molar-refractivity contribution < 1.29 is 0 Å². The first-order valence-corrected chi connectivity index (χ1v) is 10.00. The molecule has 0 spiro atoms. The summed E-state index contributed by atoms with van der Waals surface area (Å²) in [6.45, 7) is 8.94. The molecular formula is C21H31N7. The molecule has 0 radical (unpaired) electrons. The molecule has 150 valence electrons. The van der Waals surface area contributed by atoms with Crippen LogP contribution in [0, 0.1) is 0 Å². The van der Waals surface area contributed by atoms with Crippen molar-refractivity contribution in [2.45, 2.75) is 12.8 Å². The third kappa shape index (κ3) is 5.92. The Morgan fingerprint density at radius 3 is 2.43 bits per heavy atom. The number of piperazine rings is 1. The van der Waals surface area contributed by atoms with E-state index in [1.807, 2.05) is 13.1 Å². The van der Waals surface area contributed by atoms with Crippen LogP contribution in [0.3, 0.4) is 0 Å². The van der Waals surface area contributed by atoms with Crippen molar-refractivity contribution in [2.24, 2.45) is 4.99 Å². The zero-order valence-corrected chi connectivity index (χ0v) is 16.9. The molecule has 7 nitrogen and oxygen atoms in total. The van der Waals surface area contributed by atoms with E-state index in [2.05, 4.69) is 72.6 Å². The quantitative estimate of drug-likeness (QED) is 0.561. The second-order valence-corrected chi connectivity index (χ2v) is 7.07. The van der Waals surface area contributed by atoms with E-state index in [9.17, 15) is 0 Å². The number of aliphatic imine (C=N–C) groups is 1. The summed E-state index contributed by atoms with van der Waals surface area (Å²) in [4.78, 5) is 17.7. The molecule has 1 unspecified atom stereocenters. The molecule has 1 aliphatic rings. The van der Waals surface area contributed by atoms with E-state index in [0.717, 1.165) is 57.7 Å². The molecule has 2 N–H and O–H groups in total. The molecule has 7 heteroatoms. The van der Waals surface area contributed by atoms with Gasteiger partial charge in [-0.25, -0.2) is 9.97 Å². The van der Waals surface area contributed by atoms with Crippen LogP contribution in [0.15, 0.2) is 53.8 Å². The minimum atomic E-state index is 0.438. The molecule has 28 heavy (non-hydrogen) atoms. The van der Waals surface area contributed by atoms with Gasteiger partial charge in [-0.2, -0.15) is 0 Å². The Labute approximate surface area is 167 Å². The van der Waals surface area contributed by atoms with E-state index >= 15 is 0 Å². The Kier molecular flexibility index (Phi) is 7.61. The summed E-state index contributed by atoms with van der Waals surface area (Å²) in [5, 5.41) is 6.85. The topological polar surface area (TPSA) is 68.7 Å². The lowest BCUT2D eigenvalue weighted by Gasteiger charge is -2.34. The molecule has 1 aliphatic heterocycles. The van der Waals surface area contributed by atoms with E-state index in [1.165, 1.54) is 5.56 Å².